The SMILES string of the molecule is CCCN1CCOC(/C=C/C=C\N(N)c2ccc(-c3cc(Nc4ccc(NC(=O)CCN5CCOCC5)cc4C)n[nH]3)cc2)C1. The maximum Gasteiger partial charge on any atom is 0.225 e. The van der Waals surface area contributed by atoms with Crippen LogP contribution in [-0.4, -0.2) is 91.1 Å². The number of nitrogens with two attached hydrogens (primary N) is 1. The number of aromatic nitrogens is 2. The molecule has 1 aromatic heterocycles. The van der Waals surface area contributed by atoms with Crippen LogP contribution in [0.5, 0.6) is 0 Å². The number of carbonyl (C=O) groups excluding carboxylic acids is 1. The lowest BCUT2D eigenvalue weighted by atomic mass is 10.1. The number of aromatic amines is 1. The fourth-order valence-corrected chi connectivity index (χ4v) is 5.46. The molecule has 5 N–H and O–H groups in total. The van der Waals surface area contributed by atoms with E-state index in [0.29, 0.717) is 12.2 Å². The zero-order chi connectivity index (χ0) is 31.4. The van der Waals surface area contributed by atoms with Gasteiger partial charge < -0.3 is 20.1 Å². The Labute approximate surface area is 266 Å². The zero-order valence-electron chi connectivity index (χ0n) is 26.4. The number of morpholine rings is 2. The molecule has 0 aliphatic carbocycles. The van der Waals surface area contributed by atoms with Crippen LogP contribution < -0.4 is 21.5 Å². The molecule has 0 saturated carbocycles. The molecule has 2 saturated heterocycles. The van der Waals surface area contributed by atoms with Crippen LogP contribution in [0.25, 0.3) is 11.3 Å². The van der Waals surface area contributed by atoms with Crippen LogP contribution in [-0.2, 0) is 14.3 Å². The van der Waals surface area contributed by atoms with Gasteiger partial charge in [-0.25, -0.2) is 5.84 Å². The number of aryl methyl sites for hydroxylation is 1. The van der Waals surface area contributed by atoms with Crippen molar-refractivity contribution >= 4 is 28.8 Å². The van der Waals surface area contributed by atoms with Gasteiger partial charge in [0.1, 0.15) is 0 Å². The molecule has 2 aliphatic heterocycles. The Morgan fingerprint density at radius 1 is 1.07 bits per heavy atom. The highest BCUT2D eigenvalue weighted by molar-refractivity contribution is 5.91. The summed E-state index contributed by atoms with van der Waals surface area (Å²) in [7, 11) is 0. The van der Waals surface area contributed by atoms with Gasteiger partial charge in [-0.1, -0.05) is 31.2 Å². The molecule has 0 spiro atoms. The fraction of sp³-hybridized carbons (Fsp3) is 0.412. The van der Waals surface area contributed by atoms with E-state index in [9.17, 15) is 4.79 Å². The van der Waals surface area contributed by atoms with Gasteiger partial charge in [0.05, 0.1) is 37.3 Å². The number of allylic oxidation sites excluding steroid dienone is 2. The van der Waals surface area contributed by atoms with Crippen molar-refractivity contribution in [3.63, 3.8) is 0 Å². The number of hydrogen-bond donors (Lipinski definition) is 4. The van der Waals surface area contributed by atoms with Gasteiger partial charge in [-0.3, -0.25) is 24.7 Å². The molecule has 1 amide bonds. The quantitative estimate of drug-likeness (QED) is 0.124. The van der Waals surface area contributed by atoms with Crippen LogP contribution in [0.4, 0.5) is 22.9 Å². The highest BCUT2D eigenvalue weighted by Crippen LogP contribution is 2.27. The Balaban J connectivity index is 1.09. The number of amides is 1. The molecule has 2 aromatic carbocycles. The second-order valence-corrected chi connectivity index (χ2v) is 11.5. The van der Waals surface area contributed by atoms with Crippen molar-refractivity contribution in [3.05, 3.63) is 78.5 Å². The van der Waals surface area contributed by atoms with Crippen molar-refractivity contribution in [1.29, 1.82) is 0 Å². The first-order valence-corrected chi connectivity index (χ1v) is 15.8. The summed E-state index contributed by atoms with van der Waals surface area (Å²) in [5, 5.41) is 15.5. The number of carbonyl (C=O) groups is 1. The Hall–Kier alpha value is -4.00. The summed E-state index contributed by atoms with van der Waals surface area (Å²) in [5.74, 6) is 6.98. The predicted molar refractivity (Wildman–Crippen MR) is 180 cm³/mol. The topological polar surface area (TPSA) is 124 Å². The number of ether oxygens (including phenoxy) is 2. The summed E-state index contributed by atoms with van der Waals surface area (Å²) in [6.45, 7) is 12.0. The summed E-state index contributed by atoms with van der Waals surface area (Å²) in [5.41, 5.74) is 5.46. The largest absolute Gasteiger partial charge is 0.379 e. The van der Waals surface area contributed by atoms with Gasteiger partial charge in [0.2, 0.25) is 5.91 Å². The smallest absolute Gasteiger partial charge is 0.225 e. The number of rotatable bonds is 13. The molecule has 0 radical (unpaired) electrons. The summed E-state index contributed by atoms with van der Waals surface area (Å²) in [6.07, 6.45) is 9.57. The lowest BCUT2D eigenvalue weighted by Crippen LogP contribution is -2.41. The summed E-state index contributed by atoms with van der Waals surface area (Å²) < 4.78 is 11.2. The molecule has 5 rings (SSSR count). The molecule has 11 heteroatoms. The van der Waals surface area contributed by atoms with E-state index in [2.05, 4.69) is 43.6 Å². The van der Waals surface area contributed by atoms with E-state index in [4.69, 9.17) is 15.3 Å². The third kappa shape index (κ3) is 9.74. The van der Waals surface area contributed by atoms with Crippen LogP contribution in [0.2, 0.25) is 0 Å². The van der Waals surface area contributed by atoms with Gasteiger partial charge in [0.25, 0.3) is 0 Å². The van der Waals surface area contributed by atoms with E-state index in [1.807, 2.05) is 73.8 Å². The fourth-order valence-electron chi connectivity index (χ4n) is 5.46. The van der Waals surface area contributed by atoms with E-state index in [1.165, 1.54) is 0 Å². The molecule has 240 valence electrons. The van der Waals surface area contributed by atoms with Gasteiger partial charge in [-0.2, -0.15) is 5.10 Å². The lowest BCUT2D eigenvalue weighted by molar-refractivity contribution is -0.116. The third-order valence-corrected chi connectivity index (χ3v) is 7.99. The molecule has 0 bridgehead atoms. The molecule has 3 aromatic rings. The molecule has 1 unspecified atom stereocenters. The van der Waals surface area contributed by atoms with E-state index >= 15 is 0 Å². The Kier molecular flexibility index (Phi) is 11.8. The van der Waals surface area contributed by atoms with Crippen LogP contribution in [0, 0.1) is 6.92 Å². The number of anilines is 4. The monoisotopic (exact) mass is 614 g/mol. The number of benzene rings is 2. The second kappa shape index (κ2) is 16.4. The van der Waals surface area contributed by atoms with Crippen molar-refractivity contribution in [2.24, 2.45) is 5.84 Å². The summed E-state index contributed by atoms with van der Waals surface area (Å²) in [4.78, 5) is 17.2. The predicted octanol–water partition coefficient (Wildman–Crippen LogP) is 4.65. The minimum atomic E-state index is 0.0129. The Bertz CT molecular complexity index is 1430. The summed E-state index contributed by atoms with van der Waals surface area (Å²) in [6, 6.07) is 15.8. The molecular weight excluding hydrogens is 568 g/mol. The first-order valence-electron chi connectivity index (χ1n) is 15.8. The van der Waals surface area contributed by atoms with Gasteiger partial charge in [-0.05, 0) is 67.4 Å². The minimum absolute atomic E-state index is 0.0129. The molecule has 2 fully saturated rings. The maximum absolute atomic E-state index is 12.5. The standard InChI is InChI=1S/C34H46N8O3/c1-3-14-41-19-22-45-30(25-41)6-4-5-15-42(35)29-10-7-27(8-11-29)32-24-33(39-38-32)37-31-12-9-28(23-26(31)2)36-34(43)13-16-40-17-20-44-21-18-40/h4-12,15,23-24,30H,3,13-14,16-22,25,35H2,1-2H3,(H,36,43)(H2,37,38,39)/b6-4+,15-5-. The van der Waals surface area contributed by atoms with Crippen molar-refractivity contribution in [2.75, 3.05) is 74.7 Å². The van der Waals surface area contributed by atoms with Crippen molar-refractivity contribution in [3.8, 4) is 11.3 Å². The van der Waals surface area contributed by atoms with Crippen molar-refractivity contribution in [2.45, 2.75) is 32.8 Å². The normalized spacial score (nSPS) is 18.1. The van der Waals surface area contributed by atoms with E-state index in [-0.39, 0.29) is 12.0 Å². The Morgan fingerprint density at radius 2 is 1.87 bits per heavy atom. The average Bonchev–Trinajstić information content (AvgIpc) is 3.53. The van der Waals surface area contributed by atoms with Crippen LogP contribution >= 0.6 is 0 Å². The average molecular weight is 615 g/mol. The molecule has 11 nitrogen and oxygen atoms in total. The Morgan fingerprint density at radius 3 is 2.64 bits per heavy atom. The van der Waals surface area contributed by atoms with Crippen LogP contribution in [0.1, 0.15) is 25.3 Å². The molecule has 45 heavy (non-hydrogen) atoms. The number of hydrazine groups is 1. The second-order valence-electron chi connectivity index (χ2n) is 11.5. The molecule has 2 aliphatic rings. The molecular formula is C34H46N8O3. The lowest BCUT2D eigenvalue weighted by Gasteiger charge is -2.31. The third-order valence-electron chi connectivity index (χ3n) is 7.99. The number of H-pyrrole nitrogens is 1. The van der Waals surface area contributed by atoms with Gasteiger partial charge in [0, 0.05) is 62.8 Å². The van der Waals surface area contributed by atoms with E-state index < -0.39 is 0 Å². The van der Waals surface area contributed by atoms with Crippen LogP contribution in [0.3, 0.4) is 0 Å². The number of nitrogens with one attached hydrogen (secondary N) is 3. The zero-order valence-corrected chi connectivity index (χ0v) is 26.4. The summed E-state index contributed by atoms with van der Waals surface area (Å²) >= 11 is 0. The van der Waals surface area contributed by atoms with E-state index in [0.717, 1.165) is 99.4 Å². The number of hydrogen-bond acceptors (Lipinski definition) is 9. The van der Waals surface area contributed by atoms with Crippen molar-refractivity contribution < 1.29 is 14.3 Å². The maximum atomic E-state index is 12.5. The highest BCUT2D eigenvalue weighted by atomic mass is 16.5. The minimum Gasteiger partial charge on any atom is -0.379 e. The van der Waals surface area contributed by atoms with Crippen molar-refractivity contribution in [1.82, 2.24) is 20.0 Å². The first-order chi connectivity index (χ1) is 22.0. The van der Waals surface area contributed by atoms with Crippen LogP contribution in [0.15, 0.2) is 73.0 Å². The van der Waals surface area contributed by atoms with Gasteiger partial charge >= 0.3 is 0 Å². The number of nitrogens with zero attached hydrogens (tertiary/aromatic N) is 4. The molecule has 1 atom stereocenters. The highest BCUT2D eigenvalue weighted by Gasteiger charge is 2.17. The molecule has 3 heterocycles. The first kappa shape index (κ1) is 32.4. The van der Waals surface area contributed by atoms with E-state index in [1.54, 1.807) is 5.01 Å². The van der Waals surface area contributed by atoms with Gasteiger partial charge in [0.15, 0.2) is 5.82 Å². The van der Waals surface area contributed by atoms with Gasteiger partial charge in [-0.15, -0.1) is 0 Å².